The molecule has 0 saturated heterocycles. The highest BCUT2D eigenvalue weighted by Gasteiger charge is 2.06. The van der Waals surface area contributed by atoms with Gasteiger partial charge in [0, 0.05) is 12.7 Å². The second-order valence-corrected chi connectivity index (χ2v) is 4.96. The number of rotatable bonds is 4. The summed E-state index contributed by atoms with van der Waals surface area (Å²) in [5.74, 6) is 0.763. The molecule has 0 radical (unpaired) electrons. The molecule has 0 bridgehead atoms. The molecule has 86 valence electrons. The summed E-state index contributed by atoms with van der Waals surface area (Å²) in [4.78, 5) is 7.99. The zero-order valence-electron chi connectivity index (χ0n) is 8.84. The van der Waals surface area contributed by atoms with Gasteiger partial charge in [-0.05, 0) is 53.2 Å². The van der Waals surface area contributed by atoms with Gasteiger partial charge < -0.3 is 5.32 Å². The first-order valence-corrected chi connectivity index (χ1v) is 6.52. The molecule has 0 aromatic carbocycles. The third-order valence-corrected chi connectivity index (χ3v) is 3.35. The monoisotopic (exact) mass is 301 g/mol. The van der Waals surface area contributed by atoms with E-state index in [1.165, 1.54) is 19.3 Å². The number of nitrogens with one attached hydrogen (secondary N) is 1. The Bertz CT molecular complexity index is 406. The fourth-order valence-electron chi connectivity index (χ4n) is 1.78. The molecule has 0 amide bonds. The first-order valence-electron chi connectivity index (χ1n) is 5.35. The van der Waals surface area contributed by atoms with E-state index in [1.807, 2.05) is 0 Å². The van der Waals surface area contributed by atoms with E-state index in [1.54, 1.807) is 11.8 Å². The summed E-state index contributed by atoms with van der Waals surface area (Å²) in [7, 11) is 0. The Morgan fingerprint density at radius 2 is 2.38 bits per heavy atom. The highest BCUT2D eigenvalue weighted by molar-refractivity contribution is 9.10. The summed E-state index contributed by atoms with van der Waals surface area (Å²) >= 11 is 9.11. The number of anilines is 1. The van der Waals surface area contributed by atoms with E-state index in [0.29, 0.717) is 0 Å². The predicted octanol–water partition coefficient (Wildman–Crippen LogP) is 3.80. The molecule has 0 spiro atoms. The predicted molar refractivity (Wildman–Crippen MR) is 69.8 cm³/mol. The van der Waals surface area contributed by atoms with Crippen molar-refractivity contribution in [2.45, 2.75) is 25.7 Å². The standard InChI is InChI=1S/C11H13BrClN3/c12-9-7-15-11(13)16-10(9)14-6-5-8-3-1-2-4-8/h3,7H,1-2,4-6H2,(H,14,15,16). The first kappa shape index (κ1) is 11.9. The third-order valence-electron chi connectivity index (χ3n) is 2.59. The lowest BCUT2D eigenvalue weighted by Crippen LogP contribution is -2.05. The van der Waals surface area contributed by atoms with E-state index in [0.717, 1.165) is 23.3 Å². The van der Waals surface area contributed by atoms with Crippen LogP contribution in [0.4, 0.5) is 5.82 Å². The molecule has 0 saturated carbocycles. The van der Waals surface area contributed by atoms with E-state index >= 15 is 0 Å². The maximum atomic E-state index is 5.73. The summed E-state index contributed by atoms with van der Waals surface area (Å²) < 4.78 is 0.845. The number of hydrogen-bond acceptors (Lipinski definition) is 3. The minimum atomic E-state index is 0.269. The van der Waals surface area contributed by atoms with Crippen LogP contribution in [0, 0.1) is 0 Å². The molecule has 0 aliphatic heterocycles. The molecule has 0 fully saturated rings. The van der Waals surface area contributed by atoms with Crippen molar-refractivity contribution in [1.29, 1.82) is 0 Å². The largest absolute Gasteiger partial charge is 0.369 e. The summed E-state index contributed by atoms with van der Waals surface area (Å²) in [5, 5.41) is 3.53. The molecular formula is C11H13BrClN3. The lowest BCUT2D eigenvalue weighted by molar-refractivity contribution is 0.861. The highest BCUT2D eigenvalue weighted by Crippen LogP contribution is 2.22. The van der Waals surface area contributed by atoms with Gasteiger partial charge in [0.15, 0.2) is 0 Å². The van der Waals surface area contributed by atoms with Crippen LogP contribution in [-0.2, 0) is 0 Å². The van der Waals surface area contributed by atoms with Crippen molar-refractivity contribution >= 4 is 33.3 Å². The van der Waals surface area contributed by atoms with E-state index in [-0.39, 0.29) is 5.28 Å². The number of hydrogen-bond donors (Lipinski definition) is 1. The van der Waals surface area contributed by atoms with Gasteiger partial charge in [0.25, 0.3) is 0 Å². The Hall–Kier alpha value is -0.610. The number of allylic oxidation sites excluding steroid dienone is 1. The summed E-state index contributed by atoms with van der Waals surface area (Å²) in [6.07, 6.45) is 8.86. The van der Waals surface area contributed by atoms with Gasteiger partial charge in [-0.1, -0.05) is 11.6 Å². The minimum absolute atomic E-state index is 0.269. The molecule has 1 aliphatic rings. The van der Waals surface area contributed by atoms with Gasteiger partial charge in [0.2, 0.25) is 5.28 Å². The average Bonchev–Trinajstić information content (AvgIpc) is 2.76. The fraction of sp³-hybridized carbons (Fsp3) is 0.455. The zero-order chi connectivity index (χ0) is 11.4. The molecule has 3 nitrogen and oxygen atoms in total. The van der Waals surface area contributed by atoms with E-state index < -0.39 is 0 Å². The Morgan fingerprint density at radius 1 is 1.50 bits per heavy atom. The van der Waals surface area contributed by atoms with Crippen molar-refractivity contribution in [3.05, 3.63) is 27.6 Å². The average molecular weight is 303 g/mol. The molecule has 0 unspecified atom stereocenters. The Labute approximate surface area is 108 Å². The van der Waals surface area contributed by atoms with E-state index in [4.69, 9.17) is 11.6 Å². The minimum Gasteiger partial charge on any atom is -0.369 e. The van der Waals surface area contributed by atoms with Gasteiger partial charge >= 0.3 is 0 Å². The smallest absolute Gasteiger partial charge is 0.224 e. The first-order chi connectivity index (χ1) is 7.75. The molecule has 2 rings (SSSR count). The van der Waals surface area contributed by atoms with Crippen molar-refractivity contribution in [3.63, 3.8) is 0 Å². The molecule has 16 heavy (non-hydrogen) atoms. The summed E-state index contributed by atoms with van der Waals surface area (Å²) in [5.41, 5.74) is 1.55. The van der Waals surface area contributed by atoms with Gasteiger partial charge in [0.05, 0.1) is 4.47 Å². The van der Waals surface area contributed by atoms with Crippen molar-refractivity contribution in [2.75, 3.05) is 11.9 Å². The quantitative estimate of drug-likeness (QED) is 0.679. The van der Waals surface area contributed by atoms with Gasteiger partial charge in [0.1, 0.15) is 5.82 Å². The maximum absolute atomic E-state index is 5.73. The van der Waals surface area contributed by atoms with E-state index in [2.05, 4.69) is 37.3 Å². The SMILES string of the molecule is Clc1ncc(Br)c(NCCC2=CCCC2)n1. The van der Waals surface area contributed by atoms with Gasteiger partial charge in [-0.3, -0.25) is 0 Å². The van der Waals surface area contributed by atoms with Crippen molar-refractivity contribution < 1.29 is 0 Å². The van der Waals surface area contributed by atoms with Crippen LogP contribution in [0.5, 0.6) is 0 Å². The van der Waals surface area contributed by atoms with Gasteiger partial charge in [-0.25, -0.2) is 4.98 Å². The molecule has 5 heteroatoms. The molecule has 0 atom stereocenters. The van der Waals surface area contributed by atoms with Crippen LogP contribution >= 0.6 is 27.5 Å². The number of halogens is 2. The topological polar surface area (TPSA) is 37.8 Å². The molecule has 1 aromatic heterocycles. The van der Waals surface area contributed by atoms with Gasteiger partial charge in [-0.15, -0.1) is 0 Å². The highest BCUT2D eigenvalue weighted by atomic mass is 79.9. The Morgan fingerprint density at radius 3 is 3.12 bits per heavy atom. The second-order valence-electron chi connectivity index (χ2n) is 3.77. The van der Waals surface area contributed by atoms with Crippen LogP contribution in [0.1, 0.15) is 25.7 Å². The second kappa shape index (κ2) is 5.64. The molecule has 1 aromatic rings. The number of aromatic nitrogens is 2. The van der Waals surface area contributed by atoms with Crippen LogP contribution in [-0.4, -0.2) is 16.5 Å². The normalized spacial score (nSPS) is 15.0. The van der Waals surface area contributed by atoms with Crippen molar-refractivity contribution in [1.82, 2.24) is 9.97 Å². The molecule has 1 heterocycles. The van der Waals surface area contributed by atoms with Crippen molar-refractivity contribution in [3.8, 4) is 0 Å². The van der Waals surface area contributed by atoms with Crippen LogP contribution < -0.4 is 5.32 Å². The van der Waals surface area contributed by atoms with E-state index in [9.17, 15) is 0 Å². The molecule has 1 N–H and O–H groups in total. The maximum Gasteiger partial charge on any atom is 0.224 e. The third kappa shape index (κ3) is 3.19. The Kier molecular flexibility index (Phi) is 4.18. The molecular weight excluding hydrogens is 289 g/mol. The van der Waals surface area contributed by atoms with Crippen LogP contribution in [0.15, 0.2) is 22.3 Å². The van der Waals surface area contributed by atoms with Crippen LogP contribution in [0.2, 0.25) is 5.28 Å². The summed E-state index contributed by atoms with van der Waals surface area (Å²) in [6.45, 7) is 0.887. The van der Waals surface area contributed by atoms with Crippen molar-refractivity contribution in [2.24, 2.45) is 0 Å². The summed E-state index contributed by atoms with van der Waals surface area (Å²) in [6, 6.07) is 0. The lowest BCUT2D eigenvalue weighted by Gasteiger charge is -2.07. The Balaban J connectivity index is 1.86. The van der Waals surface area contributed by atoms with Gasteiger partial charge in [-0.2, -0.15) is 4.98 Å². The zero-order valence-corrected chi connectivity index (χ0v) is 11.2. The lowest BCUT2D eigenvalue weighted by atomic mass is 10.2. The van der Waals surface area contributed by atoms with Crippen LogP contribution in [0.3, 0.4) is 0 Å². The van der Waals surface area contributed by atoms with Crippen LogP contribution in [0.25, 0.3) is 0 Å². The number of nitrogens with zero attached hydrogens (tertiary/aromatic N) is 2. The fourth-order valence-corrected chi connectivity index (χ4v) is 2.24. The molecule has 1 aliphatic carbocycles.